The van der Waals surface area contributed by atoms with E-state index in [0.29, 0.717) is 20.8 Å². The van der Waals surface area contributed by atoms with Gasteiger partial charge in [-0.3, -0.25) is 4.79 Å². The molecule has 0 spiro atoms. The van der Waals surface area contributed by atoms with Crippen molar-refractivity contribution < 1.29 is 13.9 Å². The first-order valence-corrected chi connectivity index (χ1v) is 7.89. The van der Waals surface area contributed by atoms with Gasteiger partial charge < -0.3 is 9.30 Å². The van der Waals surface area contributed by atoms with E-state index in [-0.39, 0.29) is 12.4 Å². The Kier molecular flexibility index (Phi) is 4.45. The fourth-order valence-electron chi connectivity index (χ4n) is 2.26. The van der Waals surface area contributed by atoms with Crippen LogP contribution in [0.25, 0.3) is 10.2 Å². The van der Waals surface area contributed by atoms with E-state index in [1.807, 2.05) is 0 Å². The summed E-state index contributed by atoms with van der Waals surface area (Å²) >= 11 is 1.22. The number of ether oxygens (including phenoxy) is 1. The molecular weight excluding hydrogens is 327 g/mol. The van der Waals surface area contributed by atoms with Crippen molar-refractivity contribution in [2.45, 2.75) is 6.54 Å². The molecule has 0 atom stereocenters. The molecule has 0 unspecified atom stereocenters. The normalized spacial score (nSPS) is 11.5. The lowest BCUT2D eigenvalue weighted by Gasteiger charge is -2.01. The number of methoxy groups -OCH3 is 1. The molecule has 0 radical (unpaired) electrons. The molecule has 2 aromatic carbocycles. The van der Waals surface area contributed by atoms with Crippen LogP contribution in [-0.4, -0.2) is 17.6 Å². The first-order chi connectivity index (χ1) is 11.6. The number of carbonyl (C=O) groups is 1. The number of rotatable bonds is 3. The molecule has 1 amide bonds. The second kappa shape index (κ2) is 6.69. The minimum Gasteiger partial charge on any atom is -0.497 e. The van der Waals surface area contributed by atoms with E-state index in [1.54, 1.807) is 42.0 Å². The third kappa shape index (κ3) is 3.07. The second-order valence-corrected chi connectivity index (χ2v) is 5.94. The van der Waals surface area contributed by atoms with E-state index >= 15 is 0 Å². The minimum absolute atomic E-state index is 0.250. The third-order valence-electron chi connectivity index (χ3n) is 3.43. The van der Waals surface area contributed by atoms with Crippen molar-refractivity contribution in [1.29, 1.82) is 0 Å². The number of hydrogen-bond donors (Lipinski definition) is 0. The summed E-state index contributed by atoms with van der Waals surface area (Å²) in [6.45, 7) is 0.250. The lowest BCUT2D eigenvalue weighted by Crippen LogP contribution is -2.16. The van der Waals surface area contributed by atoms with E-state index in [9.17, 15) is 9.18 Å². The van der Waals surface area contributed by atoms with Crippen LogP contribution in [0.5, 0.6) is 5.75 Å². The van der Waals surface area contributed by atoms with Crippen LogP contribution in [0.15, 0.2) is 47.5 Å². The third-order valence-corrected chi connectivity index (χ3v) is 4.47. The standard InChI is InChI=1S/C18H13FN2O2S/c1-3-10-21-15-9-6-13(19)11-16(15)24-18(21)20-17(22)12-4-7-14(23-2)8-5-12/h1,4-9,11H,10H2,2H3. The Morgan fingerprint density at radius 2 is 2.08 bits per heavy atom. The van der Waals surface area contributed by atoms with Gasteiger partial charge in [0.1, 0.15) is 11.6 Å². The number of nitrogens with zero attached hydrogens (tertiary/aromatic N) is 2. The molecular formula is C18H13FN2O2S. The van der Waals surface area contributed by atoms with E-state index in [0.717, 1.165) is 5.52 Å². The Hall–Kier alpha value is -2.91. The maximum absolute atomic E-state index is 13.4. The number of halogens is 1. The van der Waals surface area contributed by atoms with Crippen molar-refractivity contribution in [3.63, 3.8) is 0 Å². The molecule has 0 aliphatic carbocycles. The molecule has 1 aromatic heterocycles. The largest absolute Gasteiger partial charge is 0.497 e. The SMILES string of the molecule is C#CCn1c(=NC(=O)c2ccc(OC)cc2)sc2cc(F)ccc21. The molecule has 0 bridgehead atoms. The Labute approximate surface area is 141 Å². The molecule has 1 heterocycles. The van der Waals surface area contributed by atoms with Gasteiger partial charge in [-0.15, -0.1) is 6.42 Å². The van der Waals surface area contributed by atoms with Gasteiger partial charge in [-0.05, 0) is 42.5 Å². The van der Waals surface area contributed by atoms with E-state index < -0.39 is 5.91 Å². The van der Waals surface area contributed by atoms with Crippen molar-refractivity contribution in [3.8, 4) is 18.1 Å². The Balaban J connectivity index is 2.09. The zero-order valence-electron chi connectivity index (χ0n) is 12.8. The van der Waals surface area contributed by atoms with E-state index in [2.05, 4.69) is 10.9 Å². The van der Waals surface area contributed by atoms with Crippen molar-refractivity contribution in [3.05, 3.63) is 58.6 Å². The van der Waals surface area contributed by atoms with Crippen LogP contribution in [0.1, 0.15) is 10.4 Å². The average molecular weight is 340 g/mol. The molecule has 0 saturated carbocycles. The van der Waals surface area contributed by atoms with Gasteiger partial charge in [-0.2, -0.15) is 4.99 Å². The van der Waals surface area contributed by atoms with Crippen LogP contribution in [-0.2, 0) is 6.54 Å². The quantitative estimate of drug-likeness (QED) is 0.687. The molecule has 0 saturated heterocycles. The number of amides is 1. The number of hydrogen-bond acceptors (Lipinski definition) is 3. The van der Waals surface area contributed by atoms with Crippen LogP contribution in [0.3, 0.4) is 0 Å². The van der Waals surface area contributed by atoms with Crippen LogP contribution in [0.4, 0.5) is 4.39 Å². The summed E-state index contributed by atoms with van der Waals surface area (Å²) in [5.41, 5.74) is 1.19. The van der Waals surface area contributed by atoms with Crippen LogP contribution in [0.2, 0.25) is 0 Å². The number of aromatic nitrogens is 1. The number of terminal acetylenes is 1. The highest BCUT2D eigenvalue weighted by atomic mass is 32.1. The summed E-state index contributed by atoms with van der Waals surface area (Å²) in [7, 11) is 1.56. The number of benzene rings is 2. The fraction of sp³-hybridized carbons (Fsp3) is 0.111. The van der Waals surface area contributed by atoms with Crippen molar-refractivity contribution in [2.75, 3.05) is 7.11 Å². The highest BCUT2D eigenvalue weighted by Crippen LogP contribution is 2.19. The summed E-state index contributed by atoms with van der Waals surface area (Å²) in [6.07, 6.45) is 5.40. The average Bonchev–Trinajstić information content (AvgIpc) is 2.91. The zero-order chi connectivity index (χ0) is 17.1. The van der Waals surface area contributed by atoms with Crippen LogP contribution in [0, 0.1) is 18.2 Å². The highest BCUT2D eigenvalue weighted by molar-refractivity contribution is 7.16. The lowest BCUT2D eigenvalue weighted by molar-refractivity contribution is 0.0998. The highest BCUT2D eigenvalue weighted by Gasteiger charge is 2.09. The monoisotopic (exact) mass is 340 g/mol. The predicted molar refractivity (Wildman–Crippen MR) is 91.5 cm³/mol. The van der Waals surface area contributed by atoms with Gasteiger partial charge in [-0.1, -0.05) is 17.3 Å². The lowest BCUT2D eigenvalue weighted by atomic mass is 10.2. The predicted octanol–water partition coefficient (Wildman–Crippen LogP) is 3.22. The molecule has 3 aromatic rings. The molecule has 24 heavy (non-hydrogen) atoms. The summed E-state index contributed by atoms with van der Waals surface area (Å²) in [4.78, 5) is 17.0. The number of thiazole rings is 1. The van der Waals surface area contributed by atoms with E-state index in [1.165, 1.54) is 23.5 Å². The topological polar surface area (TPSA) is 43.6 Å². The van der Waals surface area contributed by atoms with Gasteiger partial charge >= 0.3 is 0 Å². The molecule has 0 fully saturated rings. The maximum Gasteiger partial charge on any atom is 0.279 e. The van der Waals surface area contributed by atoms with Gasteiger partial charge in [0.15, 0.2) is 4.80 Å². The Bertz CT molecular complexity index is 1010. The number of carbonyl (C=O) groups excluding carboxylic acids is 1. The van der Waals surface area contributed by atoms with Crippen LogP contribution >= 0.6 is 11.3 Å². The van der Waals surface area contributed by atoms with Gasteiger partial charge in [0.2, 0.25) is 0 Å². The van der Waals surface area contributed by atoms with Crippen molar-refractivity contribution in [1.82, 2.24) is 4.57 Å². The smallest absolute Gasteiger partial charge is 0.279 e. The molecule has 3 rings (SSSR count). The summed E-state index contributed by atoms with van der Waals surface area (Å²) in [5, 5.41) is 0. The summed E-state index contributed by atoms with van der Waals surface area (Å²) in [5.74, 6) is 2.46. The Morgan fingerprint density at radius 3 is 2.75 bits per heavy atom. The molecule has 0 aliphatic heterocycles. The van der Waals surface area contributed by atoms with Crippen molar-refractivity contribution in [2.24, 2.45) is 4.99 Å². The van der Waals surface area contributed by atoms with E-state index in [4.69, 9.17) is 11.2 Å². The first-order valence-electron chi connectivity index (χ1n) is 7.08. The fourth-order valence-corrected chi connectivity index (χ4v) is 3.31. The zero-order valence-corrected chi connectivity index (χ0v) is 13.6. The first kappa shape index (κ1) is 16.0. The number of fused-ring (bicyclic) bond motifs is 1. The van der Waals surface area contributed by atoms with Gasteiger partial charge in [0.05, 0.1) is 23.9 Å². The second-order valence-electron chi connectivity index (χ2n) is 4.93. The summed E-state index contributed by atoms with van der Waals surface area (Å²) < 4.78 is 20.9. The minimum atomic E-state index is -0.393. The molecule has 120 valence electrons. The molecule has 0 N–H and O–H groups in total. The summed E-state index contributed by atoms with van der Waals surface area (Å²) in [6, 6.07) is 11.1. The van der Waals surface area contributed by atoms with Gasteiger partial charge in [-0.25, -0.2) is 4.39 Å². The molecule has 4 nitrogen and oxygen atoms in total. The van der Waals surface area contributed by atoms with Crippen LogP contribution < -0.4 is 9.54 Å². The van der Waals surface area contributed by atoms with Gasteiger partial charge in [0, 0.05) is 5.56 Å². The maximum atomic E-state index is 13.4. The van der Waals surface area contributed by atoms with Crippen molar-refractivity contribution >= 4 is 27.5 Å². The Morgan fingerprint density at radius 1 is 1.33 bits per heavy atom. The molecule has 6 heteroatoms. The molecule has 0 aliphatic rings. The van der Waals surface area contributed by atoms with Gasteiger partial charge in [0.25, 0.3) is 5.91 Å².